The molecule has 3 aromatic rings. The number of ether oxygens (including phenoxy) is 2. The summed E-state index contributed by atoms with van der Waals surface area (Å²) >= 11 is 7.51. The number of fused-ring (bicyclic) bond motifs is 3. The van der Waals surface area contributed by atoms with Gasteiger partial charge < -0.3 is 25.0 Å². The fourth-order valence-electron chi connectivity index (χ4n) is 6.83. The van der Waals surface area contributed by atoms with Crippen molar-refractivity contribution in [3.8, 4) is 10.9 Å². The zero-order valence-corrected chi connectivity index (χ0v) is 30.0. The minimum Gasteiger partial charge on any atom is -0.497 e. The summed E-state index contributed by atoms with van der Waals surface area (Å²) in [6.45, 7) is 0.114. The third kappa shape index (κ3) is 7.42. The maximum absolute atomic E-state index is 14.5. The topological polar surface area (TPSA) is 156 Å². The minimum atomic E-state index is -3.85. The third-order valence-electron chi connectivity index (χ3n) is 9.85. The van der Waals surface area contributed by atoms with E-state index >= 15 is 0 Å². The van der Waals surface area contributed by atoms with Crippen LogP contribution in [-0.2, 0) is 24.4 Å². The highest BCUT2D eigenvalue weighted by Crippen LogP contribution is 2.46. The van der Waals surface area contributed by atoms with E-state index in [0.29, 0.717) is 40.9 Å². The first-order valence-corrected chi connectivity index (χ1v) is 19.8. The molecule has 4 aliphatic rings. The highest BCUT2D eigenvalue weighted by atomic mass is 35.5. The Hall–Kier alpha value is -3.88. The van der Waals surface area contributed by atoms with E-state index in [0.717, 1.165) is 35.9 Å². The molecule has 3 fully saturated rings. The number of hydrogen-bond acceptors (Lipinski definition) is 10. The molecule has 3 amide bonds. The fourth-order valence-corrected chi connectivity index (χ4v) is 9.35. The number of anilines is 1. The fraction of sp³-hybridized carbons (Fsp3) is 0.486. The lowest BCUT2D eigenvalue weighted by atomic mass is 10.0. The SMILES string of the molecule is COc1cccc(N[C@H]2CCCCC/C=C\[C@@H]3C[C@@]3(C(=O)NS(=O)(=O)C3CC3)NC(=O)[C@@H]3C[C@@H](Oc4nc5ccc(Cl)cc5s4)CN3C2=O)c1. The molecule has 5 atom stereocenters. The first-order chi connectivity index (χ1) is 24.0. The van der Waals surface area contributed by atoms with E-state index < -0.39 is 50.8 Å². The maximum atomic E-state index is 14.5. The van der Waals surface area contributed by atoms with Gasteiger partial charge in [0.25, 0.3) is 11.1 Å². The van der Waals surface area contributed by atoms with Crippen molar-refractivity contribution in [3.05, 3.63) is 59.6 Å². The smallest absolute Gasteiger partial charge is 0.274 e. The number of benzene rings is 2. The summed E-state index contributed by atoms with van der Waals surface area (Å²) in [4.78, 5) is 48.6. The first-order valence-electron chi connectivity index (χ1n) is 17.0. The Balaban J connectivity index is 1.18. The molecule has 2 aliphatic carbocycles. The van der Waals surface area contributed by atoms with Gasteiger partial charge in [-0.1, -0.05) is 54.0 Å². The van der Waals surface area contributed by atoms with Gasteiger partial charge in [0, 0.05) is 29.1 Å². The number of methoxy groups -OCH3 is 1. The molecule has 2 saturated carbocycles. The number of allylic oxidation sites excluding steroid dienone is 1. The number of rotatable bonds is 8. The van der Waals surface area contributed by atoms with Gasteiger partial charge >= 0.3 is 0 Å². The molecule has 2 aromatic carbocycles. The Morgan fingerprint density at radius 1 is 1.12 bits per heavy atom. The van der Waals surface area contributed by atoms with E-state index in [2.05, 4.69) is 20.3 Å². The second kappa shape index (κ2) is 14.0. The number of carbonyl (C=O) groups excluding carboxylic acids is 3. The molecule has 0 unspecified atom stereocenters. The van der Waals surface area contributed by atoms with Crippen LogP contribution in [0.1, 0.15) is 57.8 Å². The number of nitrogens with zero attached hydrogens (tertiary/aromatic N) is 2. The molecule has 2 aliphatic heterocycles. The first kappa shape index (κ1) is 34.6. The quantitative estimate of drug-likeness (QED) is 0.277. The highest BCUT2D eigenvalue weighted by molar-refractivity contribution is 7.91. The van der Waals surface area contributed by atoms with E-state index in [1.807, 2.05) is 36.4 Å². The molecule has 15 heteroatoms. The summed E-state index contributed by atoms with van der Waals surface area (Å²) in [5, 5.41) is 6.68. The number of carbonyl (C=O) groups is 3. The van der Waals surface area contributed by atoms with Crippen molar-refractivity contribution in [2.75, 3.05) is 19.0 Å². The van der Waals surface area contributed by atoms with Crippen LogP contribution >= 0.6 is 22.9 Å². The van der Waals surface area contributed by atoms with Crippen molar-refractivity contribution in [2.45, 2.75) is 86.8 Å². The van der Waals surface area contributed by atoms with Crippen molar-refractivity contribution in [1.29, 1.82) is 0 Å². The zero-order valence-electron chi connectivity index (χ0n) is 27.6. The van der Waals surface area contributed by atoms with E-state index in [4.69, 9.17) is 21.1 Å². The van der Waals surface area contributed by atoms with Crippen molar-refractivity contribution >= 4 is 66.6 Å². The number of hydrogen-bond donors (Lipinski definition) is 3. The Bertz CT molecular complexity index is 1930. The average molecular weight is 742 g/mol. The highest BCUT2D eigenvalue weighted by Gasteiger charge is 2.62. The number of nitrogens with one attached hydrogen (secondary N) is 3. The predicted octanol–water partition coefficient (Wildman–Crippen LogP) is 4.79. The molecule has 0 spiro atoms. The van der Waals surface area contributed by atoms with Crippen LogP contribution in [0.25, 0.3) is 10.2 Å². The number of thiazole rings is 1. The molecule has 50 heavy (non-hydrogen) atoms. The van der Waals surface area contributed by atoms with Gasteiger partial charge in [0.1, 0.15) is 29.5 Å². The number of aromatic nitrogens is 1. The standard InChI is InChI=1S/C35H40ClN5O7S2/c1-47-24-10-7-9-23(17-24)37-28-11-6-4-2-3-5-8-21-19-35(21,33(44)40-50(45,46)26-13-14-26)39-31(42)29-18-25(20-41(29)32(28)43)48-34-38-27-15-12-22(36)16-30(27)49-34/h5,7-10,12,15-17,21,25-26,28-29,37H,2-4,6,11,13-14,18-20H2,1H3,(H,39,42)(H,40,44)/b8-5-/t21-,25-,28+,29+,35-/m1/s1. The third-order valence-corrected chi connectivity index (χ3v) is 12.8. The van der Waals surface area contributed by atoms with Crippen LogP contribution in [0, 0.1) is 5.92 Å². The van der Waals surface area contributed by atoms with Crippen molar-refractivity contribution in [3.63, 3.8) is 0 Å². The predicted molar refractivity (Wildman–Crippen MR) is 191 cm³/mol. The second-order valence-corrected chi connectivity index (χ2v) is 16.9. The summed E-state index contributed by atoms with van der Waals surface area (Å²) in [6.07, 6.45) is 8.55. The molecule has 1 aromatic heterocycles. The van der Waals surface area contributed by atoms with Crippen LogP contribution in [0.15, 0.2) is 54.6 Å². The summed E-state index contributed by atoms with van der Waals surface area (Å²) in [5.74, 6) is -1.29. The van der Waals surface area contributed by atoms with Gasteiger partial charge in [-0.3, -0.25) is 19.1 Å². The largest absolute Gasteiger partial charge is 0.497 e. The van der Waals surface area contributed by atoms with E-state index in [9.17, 15) is 22.8 Å². The Morgan fingerprint density at radius 2 is 1.96 bits per heavy atom. The van der Waals surface area contributed by atoms with Gasteiger partial charge in [0.05, 0.1) is 29.1 Å². The minimum absolute atomic E-state index is 0.114. The van der Waals surface area contributed by atoms with Gasteiger partial charge in [-0.15, -0.1) is 0 Å². The van der Waals surface area contributed by atoms with Gasteiger partial charge in [-0.2, -0.15) is 0 Å². The number of amides is 3. The van der Waals surface area contributed by atoms with Gasteiger partial charge in [0.15, 0.2) is 0 Å². The molecule has 3 N–H and O–H groups in total. The lowest BCUT2D eigenvalue weighted by molar-refractivity contribution is -0.140. The van der Waals surface area contributed by atoms with Crippen LogP contribution in [-0.4, -0.2) is 78.7 Å². The molecule has 12 nitrogen and oxygen atoms in total. The van der Waals surface area contributed by atoms with E-state index in [1.54, 1.807) is 25.3 Å². The summed E-state index contributed by atoms with van der Waals surface area (Å²) in [6, 6.07) is 11.1. The monoisotopic (exact) mass is 741 g/mol. The molecule has 1 saturated heterocycles. The molecule has 266 valence electrons. The van der Waals surface area contributed by atoms with Crippen molar-refractivity contribution in [2.24, 2.45) is 5.92 Å². The summed E-state index contributed by atoms with van der Waals surface area (Å²) < 4.78 is 40.4. The maximum Gasteiger partial charge on any atom is 0.274 e. The average Bonchev–Trinajstić information content (AvgIpc) is 3.98. The van der Waals surface area contributed by atoms with Gasteiger partial charge in [-0.25, -0.2) is 13.4 Å². The molecule has 0 bridgehead atoms. The second-order valence-electron chi connectivity index (χ2n) is 13.5. The normalized spacial score (nSPS) is 28.0. The lowest BCUT2D eigenvalue weighted by Gasteiger charge is -2.30. The van der Waals surface area contributed by atoms with Crippen LogP contribution in [0.5, 0.6) is 10.9 Å². The molecule has 3 heterocycles. The van der Waals surface area contributed by atoms with Crippen molar-refractivity contribution in [1.82, 2.24) is 19.9 Å². The van der Waals surface area contributed by atoms with Gasteiger partial charge in [-0.05, 0) is 68.9 Å². The van der Waals surface area contributed by atoms with Crippen LogP contribution < -0.4 is 24.8 Å². The van der Waals surface area contributed by atoms with Crippen LogP contribution in [0.4, 0.5) is 5.69 Å². The lowest BCUT2D eigenvalue weighted by Crippen LogP contribution is -2.57. The molecular formula is C35H40ClN5O7S2. The Kier molecular flexibility index (Phi) is 9.70. The molecular weight excluding hydrogens is 702 g/mol. The van der Waals surface area contributed by atoms with Gasteiger partial charge in [0.2, 0.25) is 21.8 Å². The molecule has 7 rings (SSSR count). The Labute approximate surface area is 300 Å². The Morgan fingerprint density at radius 3 is 2.76 bits per heavy atom. The number of halogens is 1. The van der Waals surface area contributed by atoms with Crippen molar-refractivity contribution < 1.29 is 32.3 Å². The zero-order chi connectivity index (χ0) is 35.0. The molecule has 0 radical (unpaired) electrons. The summed E-state index contributed by atoms with van der Waals surface area (Å²) in [5.41, 5.74) is -0.00736. The van der Waals surface area contributed by atoms with E-state index in [1.165, 1.54) is 16.2 Å². The number of sulfonamides is 1. The van der Waals surface area contributed by atoms with E-state index in [-0.39, 0.29) is 31.2 Å². The van der Waals surface area contributed by atoms with Crippen LogP contribution in [0.2, 0.25) is 5.02 Å². The summed E-state index contributed by atoms with van der Waals surface area (Å²) in [7, 11) is -2.27. The van der Waals surface area contributed by atoms with Crippen LogP contribution in [0.3, 0.4) is 0 Å².